The molecule has 1 aromatic carbocycles. The molecule has 2 aromatic rings. The maximum Gasteiger partial charge on any atom is 0.247 e. The van der Waals surface area contributed by atoms with Crippen molar-refractivity contribution in [2.45, 2.75) is 26.7 Å². The molecule has 0 radical (unpaired) electrons. The molecule has 1 atom stereocenters. The Bertz CT molecular complexity index is 1130. The monoisotopic (exact) mass is 518 g/mol. The Balaban J connectivity index is 1.87. The quantitative estimate of drug-likeness (QED) is 0.521. The van der Waals surface area contributed by atoms with Gasteiger partial charge in [-0.1, -0.05) is 0 Å². The summed E-state index contributed by atoms with van der Waals surface area (Å²) in [5.74, 6) is 0.967. The molecule has 33 heavy (non-hydrogen) atoms. The number of methoxy groups -OCH3 is 3. The average Bonchev–Trinajstić information content (AvgIpc) is 3.22. The Morgan fingerprint density at radius 3 is 2.55 bits per heavy atom. The fourth-order valence-electron chi connectivity index (χ4n) is 3.28. The highest BCUT2D eigenvalue weighted by atomic mass is 79.9. The van der Waals surface area contributed by atoms with E-state index in [0.29, 0.717) is 32.8 Å². The van der Waals surface area contributed by atoms with Gasteiger partial charge in [-0.15, -0.1) is 5.10 Å². The SMILES string of the molecule is COCc1cc(C)nc(OCC2=NN(C(C)=O)[C@H](c3cc(Br)c(OC)cc3OC)O2)c1C#N. The molecule has 0 saturated heterocycles. The first kappa shape index (κ1) is 24.3. The van der Waals surface area contributed by atoms with Gasteiger partial charge in [0.1, 0.15) is 23.1 Å². The zero-order valence-electron chi connectivity index (χ0n) is 18.8. The van der Waals surface area contributed by atoms with Crippen LogP contribution in [0.4, 0.5) is 0 Å². The number of pyridine rings is 1. The van der Waals surface area contributed by atoms with Crippen LogP contribution in [0.25, 0.3) is 0 Å². The molecule has 0 bridgehead atoms. The first-order chi connectivity index (χ1) is 15.8. The second-order valence-electron chi connectivity index (χ2n) is 6.99. The topological polar surface area (TPSA) is 116 Å². The van der Waals surface area contributed by atoms with Gasteiger partial charge in [0.05, 0.1) is 30.9 Å². The summed E-state index contributed by atoms with van der Waals surface area (Å²) in [6.07, 6.45) is -0.872. The molecular weight excluding hydrogens is 496 g/mol. The first-order valence-electron chi connectivity index (χ1n) is 9.80. The molecule has 1 aliphatic heterocycles. The van der Waals surface area contributed by atoms with Gasteiger partial charge in [0.2, 0.25) is 23.9 Å². The smallest absolute Gasteiger partial charge is 0.247 e. The Hall–Kier alpha value is -3.36. The van der Waals surface area contributed by atoms with Gasteiger partial charge in [-0.3, -0.25) is 4.79 Å². The highest BCUT2D eigenvalue weighted by molar-refractivity contribution is 9.10. The highest BCUT2D eigenvalue weighted by Gasteiger charge is 2.35. The molecule has 0 spiro atoms. The lowest BCUT2D eigenvalue weighted by molar-refractivity contribution is -0.135. The number of hydrogen-bond acceptors (Lipinski definition) is 9. The Morgan fingerprint density at radius 2 is 1.94 bits per heavy atom. The molecule has 0 aliphatic carbocycles. The van der Waals surface area contributed by atoms with E-state index >= 15 is 0 Å². The van der Waals surface area contributed by atoms with E-state index < -0.39 is 6.23 Å². The van der Waals surface area contributed by atoms with E-state index in [1.54, 1.807) is 39.3 Å². The predicted molar refractivity (Wildman–Crippen MR) is 121 cm³/mol. The van der Waals surface area contributed by atoms with Crippen LogP contribution in [0, 0.1) is 18.3 Å². The van der Waals surface area contributed by atoms with Crippen LogP contribution in [0.1, 0.15) is 35.5 Å². The third-order valence-corrected chi connectivity index (χ3v) is 5.34. The van der Waals surface area contributed by atoms with Crippen molar-refractivity contribution in [3.8, 4) is 23.4 Å². The zero-order chi connectivity index (χ0) is 24.1. The number of ether oxygens (including phenoxy) is 5. The second-order valence-corrected chi connectivity index (χ2v) is 7.85. The molecule has 3 rings (SSSR count). The molecule has 1 aliphatic rings. The summed E-state index contributed by atoms with van der Waals surface area (Å²) in [4.78, 5) is 16.6. The lowest BCUT2D eigenvalue weighted by Gasteiger charge is -2.22. The molecule has 0 unspecified atom stereocenters. The van der Waals surface area contributed by atoms with E-state index in [1.165, 1.54) is 19.0 Å². The molecule has 11 heteroatoms. The van der Waals surface area contributed by atoms with E-state index in [1.807, 2.05) is 0 Å². The number of amides is 1. The van der Waals surface area contributed by atoms with Crippen LogP contribution in [-0.2, 0) is 20.9 Å². The van der Waals surface area contributed by atoms with Crippen molar-refractivity contribution >= 4 is 27.7 Å². The van der Waals surface area contributed by atoms with Crippen LogP contribution in [0.15, 0.2) is 27.8 Å². The van der Waals surface area contributed by atoms with Gasteiger partial charge in [-0.2, -0.15) is 10.3 Å². The molecule has 0 saturated carbocycles. The molecule has 10 nitrogen and oxygen atoms in total. The van der Waals surface area contributed by atoms with E-state index in [4.69, 9.17) is 23.7 Å². The van der Waals surface area contributed by atoms with Crippen molar-refractivity contribution in [3.63, 3.8) is 0 Å². The van der Waals surface area contributed by atoms with Crippen LogP contribution < -0.4 is 14.2 Å². The number of hydrogen-bond donors (Lipinski definition) is 0. The minimum absolute atomic E-state index is 0.137. The summed E-state index contributed by atoms with van der Waals surface area (Å²) >= 11 is 3.44. The van der Waals surface area contributed by atoms with Crippen LogP contribution in [0.2, 0.25) is 0 Å². The van der Waals surface area contributed by atoms with Crippen molar-refractivity contribution in [1.82, 2.24) is 9.99 Å². The van der Waals surface area contributed by atoms with Gasteiger partial charge in [0, 0.05) is 31.4 Å². The van der Waals surface area contributed by atoms with Crippen LogP contribution in [-0.4, -0.2) is 49.7 Å². The number of carbonyl (C=O) groups excluding carboxylic acids is 1. The van der Waals surface area contributed by atoms with Gasteiger partial charge >= 0.3 is 0 Å². The van der Waals surface area contributed by atoms with Crippen molar-refractivity contribution in [2.24, 2.45) is 5.10 Å². The maximum atomic E-state index is 12.3. The highest BCUT2D eigenvalue weighted by Crippen LogP contribution is 2.40. The average molecular weight is 519 g/mol. The van der Waals surface area contributed by atoms with E-state index in [0.717, 1.165) is 0 Å². The first-order valence-corrected chi connectivity index (χ1v) is 10.6. The molecule has 0 N–H and O–H groups in total. The maximum absolute atomic E-state index is 12.3. The standard InChI is InChI=1S/C22H23BrN4O6/c1-12-6-14(10-29-3)16(9-24)21(25-12)32-11-20-26-27(13(2)28)22(33-20)15-7-17(23)19(31-5)8-18(15)30-4/h6-8,22H,10-11H2,1-5H3/t22-/m0/s1. The Kier molecular flexibility index (Phi) is 7.73. The van der Waals surface area contributed by atoms with Crippen LogP contribution in [0.3, 0.4) is 0 Å². The van der Waals surface area contributed by atoms with E-state index in [9.17, 15) is 10.1 Å². The van der Waals surface area contributed by atoms with E-state index in [2.05, 4.69) is 32.1 Å². The van der Waals surface area contributed by atoms with Crippen LogP contribution in [0.5, 0.6) is 17.4 Å². The number of rotatable bonds is 8. The normalized spacial score (nSPS) is 14.9. The number of nitriles is 1. The van der Waals surface area contributed by atoms with Gasteiger partial charge in [-0.05, 0) is 35.0 Å². The minimum Gasteiger partial charge on any atom is -0.496 e. The Labute approximate surface area is 199 Å². The summed E-state index contributed by atoms with van der Waals surface area (Å²) in [6, 6.07) is 7.29. The van der Waals surface area contributed by atoms with Gasteiger partial charge < -0.3 is 23.7 Å². The Morgan fingerprint density at radius 1 is 1.21 bits per heavy atom. The number of carbonyl (C=O) groups is 1. The molecule has 2 heterocycles. The van der Waals surface area contributed by atoms with Crippen LogP contribution >= 0.6 is 15.9 Å². The lowest BCUT2D eigenvalue weighted by Crippen LogP contribution is -2.25. The number of nitrogens with zero attached hydrogens (tertiary/aromatic N) is 4. The summed E-state index contributed by atoms with van der Waals surface area (Å²) in [5.41, 5.74) is 2.16. The fraction of sp³-hybridized carbons (Fsp3) is 0.364. The molecule has 174 valence electrons. The third kappa shape index (κ3) is 5.18. The van der Waals surface area contributed by atoms with Crippen molar-refractivity contribution in [3.05, 3.63) is 45.1 Å². The van der Waals surface area contributed by atoms with E-state index in [-0.39, 0.29) is 36.5 Å². The second kappa shape index (κ2) is 10.5. The number of benzene rings is 1. The summed E-state index contributed by atoms with van der Waals surface area (Å²) < 4.78 is 28.3. The van der Waals surface area contributed by atoms with Gasteiger partial charge in [0.25, 0.3) is 0 Å². The number of aromatic nitrogens is 1. The van der Waals surface area contributed by atoms with Gasteiger partial charge in [-0.25, -0.2) is 4.98 Å². The van der Waals surface area contributed by atoms with Crippen molar-refractivity contribution in [1.29, 1.82) is 5.26 Å². The number of aryl methyl sites for hydroxylation is 1. The lowest BCUT2D eigenvalue weighted by atomic mass is 10.1. The number of halogens is 1. The summed E-state index contributed by atoms with van der Waals surface area (Å²) in [5, 5.41) is 15.0. The fourth-order valence-corrected chi connectivity index (χ4v) is 3.80. The van der Waals surface area contributed by atoms with Crippen molar-refractivity contribution < 1.29 is 28.5 Å². The molecule has 0 fully saturated rings. The summed E-state index contributed by atoms with van der Waals surface area (Å²) in [7, 11) is 4.59. The largest absolute Gasteiger partial charge is 0.496 e. The van der Waals surface area contributed by atoms with Gasteiger partial charge in [0.15, 0.2) is 6.61 Å². The molecule has 1 aromatic heterocycles. The van der Waals surface area contributed by atoms with Crippen molar-refractivity contribution in [2.75, 3.05) is 27.9 Å². The third-order valence-electron chi connectivity index (χ3n) is 4.72. The molecular formula is C22H23BrN4O6. The predicted octanol–water partition coefficient (Wildman–Crippen LogP) is 3.46. The number of hydrazone groups is 1. The molecule has 1 amide bonds. The summed E-state index contributed by atoms with van der Waals surface area (Å²) in [6.45, 7) is 3.27. The minimum atomic E-state index is -0.872. The zero-order valence-corrected chi connectivity index (χ0v) is 20.4.